The molecule has 0 saturated carbocycles. The fraction of sp³-hybridized carbons (Fsp3) is 0.960. The fourth-order valence-corrected chi connectivity index (χ4v) is 10.4. The standard InChI is InChI=1S/C24H58N4P2.CH2O3/c1-7-13-19-26(20-14-8-2)30(25-29,27(21-15-9-3)22-16-10-4)28(23-17-11-5)24-18-12-6;2-1(3)4/h25,30H,7-24,29H2,1-6H3;(H2,2,3,4). The van der Waals surface area contributed by atoms with E-state index in [1.807, 2.05) is 0 Å². The number of carbonyl (C=O) groups is 1. The molecule has 3 N–H and O–H groups in total. The number of hydrogen-bond donors (Lipinski definition) is 3. The zero-order valence-corrected chi connectivity index (χ0v) is 25.6. The summed E-state index contributed by atoms with van der Waals surface area (Å²) >= 11 is 0. The number of unbranched alkanes of at least 4 members (excludes halogenated alkanes) is 6. The van der Waals surface area contributed by atoms with Crippen LogP contribution in [-0.4, -0.2) is 69.6 Å². The largest absolute Gasteiger partial charge is 0.503 e. The Labute approximate surface area is 215 Å². The van der Waals surface area contributed by atoms with Crippen LogP contribution in [-0.2, 0) is 0 Å². The van der Waals surface area contributed by atoms with Crippen LogP contribution in [0.1, 0.15) is 119 Å². The molecule has 0 heterocycles. The van der Waals surface area contributed by atoms with Crippen molar-refractivity contribution < 1.29 is 15.0 Å². The van der Waals surface area contributed by atoms with Crippen molar-refractivity contribution in [1.29, 1.82) is 0 Å². The Balaban J connectivity index is 0. The Bertz CT molecular complexity index is 384. The number of nitrogens with one attached hydrogen (secondary N) is 1. The molecular formula is C25H60N4O3P2. The van der Waals surface area contributed by atoms with E-state index in [0.717, 1.165) is 0 Å². The van der Waals surface area contributed by atoms with Crippen LogP contribution < -0.4 is 4.86 Å². The van der Waals surface area contributed by atoms with Gasteiger partial charge in [0.05, 0.1) is 0 Å². The van der Waals surface area contributed by atoms with E-state index in [9.17, 15) is 0 Å². The van der Waals surface area contributed by atoms with Crippen LogP contribution in [0, 0.1) is 0 Å². The van der Waals surface area contributed by atoms with E-state index < -0.39 is 14.0 Å². The quantitative estimate of drug-likeness (QED) is 0.125. The van der Waals surface area contributed by atoms with E-state index in [4.69, 9.17) is 15.0 Å². The summed E-state index contributed by atoms with van der Waals surface area (Å²) in [5.74, 6) is 0. The monoisotopic (exact) mass is 526 g/mol. The molecule has 34 heavy (non-hydrogen) atoms. The van der Waals surface area contributed by atoms with Gasteiger partial charge in [0.25, 0.3) is 0 Å². The fourth-order valence-electron chi connectivity index (χ4n) is 4.24. The average Bonchev–Trinajstić information content (AvgIpc) is 2.82. The van der Waals surface area contributed by atoms with Crippen molar-refractivity contribution in [3.8, 4) is 0 Å². The second-order valence-corrected chi connectivity index (χ2v) is 13.5. The molecule has 0 aromatic rings. The first-order valence-electron chi connectivity index (χ1n) is 14.0. The van der Waals surface area contributed by atoms with Crippen LogP contribution in [0.5, 0.6) is 0 Å². The minimum atomic E-state index is -2.17. The molecule has 0 aliphatic heterocycles. The molecule has 0 amide bonds. The average molecular weight is 527 g/mol. The molecule has 7 nitrogen and oxygen atoms in total. The SMILES string of the molecule is CCCCN(CCCC)[PH](NP)(N(CCCC)CCCC)N(CCCC)CCCC.O=C(O)O. The van der Waals surface area contributed by atoms with Gasteiger partial charge in [-0.25, -0.2) is 4.79 Å². The predicted molar refractivity (Wildman–Crippen MR) is 156 cm³/mol. The first-order chi connectivity index (χ1) is 16.4. The molecule has 0 aliphatic rings. The van der Waals surface area contributed by atoms with Gasteiger partial charge in [-0.15, -0.1) is 0 Å². The zero-order valence-electron chi connectivity index (χ0n) is 23.4. The zero-order chi connectivity index (χ0) is 26.2. The molecule has 0 rings (SSSR count). The van der Waals surface area contributed by atoms with Gasteiger partial charge in [-0.1, -0.05) is 0 Å². The van der Waals surface area contributed by atoms with Gasteiger partial charge >= 0.3 is 200 Å². The van der Waals surface area contributed by atoms with Crippen molar-refractivity contribution >= 4 is 23.4 Å². The molecule has 0 aromatic heterocycles. The maximum absolute atomic E-state index is 8.56. The smallest absolute Gasteiger partial charge is 0.450 e. The minimum Gasteiger partial charge on any atom is -0.450 e. The van der Waals surface area contributed by atoms with Crippen molar-refractivity contribution in [1.82, 2.24) is 18.9 Å². The van der Waals surface area contributed by atoms with E-state index in [0.29, 0.717) is 0 Å². The molecule has 9 heteroatoms. The summed E-state index contributed by atoms with van der Waals surface area (Å²) in [6.07, 6.45) is 13.6. The number of nitrogens with zero attached hydrogens (tertiary/aromatic N) is 3. The van der Waals surface area contributed by atoms with Gasteiger partial charge in [-0.2, -0.15) is 0 Å². The number of rotatable bonds is 22. The molecule has 0 saturated heterocycles. The maximum Gasteiger partial charge on any atom is 0.503 e. The van der Waals surface area contributed by atoms with E-state index in [-0.39, 0.29) is 0 Å². The molecule has 1 atom stereocenters. The predicted octanol–water partition coefficient (Wildman–Crippen LogP) is 7.71. The second-order valence-electron chi connectivity index (χ2n) is 9.14. The molecule has 0 radical (unpaired) electrons. The third-order valence-corrected chi connectivity index (χ3v) is 11.7. The molecule has 0 spiro atoms. The van der Waals surface area contributed by atoms with Crippen LogP contribution in [0.2, 0.25) is 0 Å². The first-order valence-corrected chi connectivity index (χ1v) is 16.4. The molecule has 0 fully saturated rings. The topological polar surface area (TPSA) is 79.3 Å². The Hall–Kier alpha value is -0.0300. The summed E-state index contributed by atoms with van der Waals surface area (Å²) in [7, 11) is 0.840. The van der Waals surface area contributed by atoms with E-state index in [1.54, 1.807) is 0 Å². The van der Waals surface area contributed by atoms with Crippen LogP contribution in [0.3, 0.4) is 0 Å². The van der Waals surface area contributed by atoms with E-state index in [1.165, 1.54) is 116 Å². The van der Waals surface area contributed by atoms with Crippen molar-refractivity contribution in [2.24, 2.45) is 0 Å². The van der Waals surface area contributed by atoms with Gasteiger partial charge in [-0.3, -0.25) is 0 Å². The Morgan fingerprint density at radius 2 is 0.765 bits per heavy atom. The summed E-state index contributed by atoms with van der Waals surface area (Å²) in [6.45, 7) is 21.4. The van der Waals surface area contributed by atoms with Crippen LogP contribution in [0.25, 0.3) is 0 Å². The van der Waals surface area contributed by atoms with Crippen molar-refractivity contribution in [2.45, 2.75) is 119 Å². The van der Waals surface area contributed by atoms with Crippen LogP contribution >= 0.6 is 17.3 Å². The Kier molecular flexibility index (Phi) is 26.2. The van der Waals surface area contributed by atoms with Gasteiger partial charge in [0.2, 0.25) is 0 Å². The summed E-state index contributed by atoms with van der Waals surface area (Å²) in [5.41, 5.74) is 0. The number of hydrogen-bond acceptors (Lipinski definition) is 5. The minimum absolute atomic E-state index is 1.23. The molecular weight excluding hydrogens is 466 g/mol. The molecule has 208 valence electrons. The molecule has 0 bridgehead atoms. The first kappa shape index (κ1) is 36.1. The van der Waals surface area contributed by atoms with Gasteiger partial charge in [0.1, 0.15) is 0 Å². The summed E-state index contributed by atoms with van der Waals surface area (Å²) in [5, 5.41) is 13.9. The van der Waals surface area contributed by atoms with Crippen LogP contribution in [0.15, 0.2) is 0 Å². The summed E-state index contributed by atoms with van der Waals surface area (Å²) < 4.78 is 8.80. The Morgan fingerprint density at radius 1 is 0.588 bits per heavy atom. The normalized spacial score (nSPS) is 12.3. The van der Waals surface area contributed by atoms with Crippen molar-refractivity contribution in [2.75, 3.05) is 39.3 Å². The summed E-state index contributed by atoms with van der Waals surface area (Å²) in [4.78, 5) is 12.6. The van der Waals surface area contributed by atoms with E-state index >= 15 is 0 Å². The van der Waals surface area contributed by atoms with Crippen molar-refractivity contribution in [3.63, 3.8) is 0 Å². The van der Waals surface area contributed by atoms with E-state index in [2.05, 4.69) is 69.8 Å². The maximum atomic E-state index is 8.56. The molecule has 0 aliphatic carbocycles. The Morgan fingerprint density at radius 3 is 0.882 bits per heavy atom. The number of carboxylic acid groups (broad SMARTS) is 2. The summed E-state index contributed by atoms with van der Waals surface area (Å²) in [6, 6.07) is 0. The van der Waals surface area contributed by atoms with Gasteiger partial charge < -0.3 is 10.2 Å². The van der Waals surface area contributed by atoms with Crippen molar-refractivity contribution in [3.05, 3.63) is 0 Å². The third-order valence-electron chi connectivity index (χ3n) is 6.21. The molecule has 1 unspecified atom stereocenters. The van der Waals surface area contributed by atoms with Gasteiger partial charge in [-0.05, 0) is 0 Å². The molecule has 0 aromatic carbocycles. The van der Waals surface area contributed by atoms with Crippen LogP contribution in [0.4, 0.5) is 4.79 Å². The third kappa shape index (κ3) is 15.2. The second kappa shape index (κ2) is 24.7. The van der Waals surface area contributed by atoms with Gasteiger partial charge in [0.15, 0.2) is 0 Å². The van der Waals surface area contributed by atoms with Gasteiger partial charge in [0, 0.05) is 0 Å².